The second-order valence-electron chi connectivity index (χ2n) is 6.64. The number of rotatable bonds is 2. The van der Waals surface area contributed by atoms with E-state index in [0.29, 0.717) is 28.8 Å². The van der Waals surface area contributed by atoms with Gasteiger partial charge in [0.2, 0.25) is 0 Å². The van der Waals surface area contributed by atoms with Crippen LogP contribution in [0.2, 0.25) is 0 Å². The molecule has 22 heavy (non-hydrogen) atoms. The second-order valence-corrected chi connectivity index (χ2v) is 6.64. The molecule has 1 saturated carbocycles. The molecule has 0 aromatic carbocycles. The van der Waals surface area contributed by atoms with Gasteiger partial charge in [-0.15, -0.1) is 0 Å². The zero-order valence-corrected chi connectivity index (χ0v) is 13.6. The fraction of sp³-hybridized carbons (Fsp3) is 0.588. The fourth-order valence-corrected chi connectivity index (χ4v) is 3.59. The standard InChI is InChI=1S/C17H23N3O2/c1-9-6-5-7-10(2)15(9)19-16(21)13-8-11(3)18-17-14(13)12(4)20-22-17/h8-10,15H,5-7H2,1-4H3,(H,19,21). The molecule has 2 aromatic rings. The molecule has 0 bridgehead atoms. The number of fused-ring (bicyclic) bond motifs is 1. The van der Waals surface area contributed by atoms with Crippen molar-refractivity contribution in [2.45, 2.75) is 53.0 Å². The number of aryl methyl sites for hydroxylation is 2. The highest BCUT2D eigenvalue weighted by Gasteiger charge is 2.30. The van der Waals surface area contributed by atoms with E-state index in [1.165, 1.54) is 19.3 Å². The normalized spacial score (nSPS) is 25.4. The Bertz CT molecular complexity index is 697. The van der Waals surface area contributed by atoms with Gasteiger partial charge in [-0.05, 0) is 44.6 Å². The van der Waals surface area contributed by atoms with E-state index in [0.717, 1.165) is 11.1 Å². The van der Waals surface area contributed by atoms with E-state index >= 15 is 0 Å². The predicted molar refractivity (Wildman–Crippen MR) is 84.7 cm³/mol. The number of carbonyl (C=O) groups excluding carboxylic acids is 1. The van der Waals surface area contributed by atoms with Crippen molar-refractivity contribution in [2.24, 2.45) is 11.8 Å². The number of hydrogen-bond acceptors (Lipinski definition) is 4. The summed E-state index contributed by atoms with van der Waals surface area (Å²) in [6, 6.07) is 2.05. The van der Waals surface area contributed by atoms with Crippen LogP contribution >= 0.6 is 0 Å². The summed E-state index contributed by atoms with van der Waals surface area (Å²) >= 11 is 0. The van der Waals surface area contributed by atoms with Gasteiger partial charge < -0.3 is 9.84 Å². The van der Waals surface area contributed by atoms with Gasteiger partial charge in [0.25, 0.3) is 11.6 Å². The highest BCUT2D eigenvalue weighted by molar-refractivity contribution is 6.06. The van der Waals surface area contributed by atoms with Crippen LogP contribution < -0.4 is 5.32 Å². The van der Waals surface area contributed by atoms with Crippen LogP contribution in [0, 0.1) is 25.7 Å². The number of aromatic nitrogens is 2. The Morgan fingerprint density at radius 1 is 1.27 bits per heavy atom. The van der Waals surface area contributed by atoms with Crippen molar-refractivity contribution in [2.75, 3.05) is 0 Å². The average Bonchev–Trinajstić information content (AvgIpc) is 2.83. The minimum absolute atomic E-state index is 0.0487. The molecule has 0 saturated heterocycles. The first-order chi connectivity index (χ1) is 10.5. The predicted octanol–water partition coefficient (Wildman–Crippen LogP) is 3.39. The molecule has 3 rings (SSSR count). The highest BCUT2D eigenvalue weighted by Crippen LogP contribution is 2.29. The SMILES string of the molecule is Cc1cc(C(=O)NC2C(C)CCCC2C)c2c(C)noc2n1. The van der Waals surface area contributed by atoms with Crippen molar-refractivity contribution in [1.82, 2.24) is 15.5 Å². The number of nitrogens with one attached hydrogen (secondary N) is 1. The number of pyridine rings is 1. The molecule has 5 heteroatoms. The Labute approximate surface area is 130 Å². The quantitative estimate of drug-likeness (QED) is 0.923. The van der Waals surface area contributed by atoms with Crippen LogP contribution in [0.4, 0.5) is 0 Å². The molecule has 2 atom stereocenters. The maximum Gasteiger partial charge on any atom is 0.258 e. The third-order valence-electron chi connectivity index (χ3n) is 4.83. The van der Waals surface area contributed by atoms with Crippen LogP contribution in [0.1, 0.15) is 54.9 Å². The lowest BCUT2D eigenvalue weighted by molar-refractivity contribution is 0.0882. The lowest BCUT2D eigenvalue weighted by Gasteiger charge is -2.35. The first-order valence-corrected chi connectivity index (χ1v) is 8.02. The molecule has 0 aliphatic heterocycles. The second kappa shape index (κ2) is 5.71. The van der Waals surface area contributed by atoms with Gasteiger partial charge in [0, 0.05) is 11.7 Å². The van der Waals surface area contributed by atoms with Crippen molar-refractivity contribution in [1.29, 1.82) is 0 Å². The molecule has 1 fully saturated rings. The van der Waals surface area contributed by atoms with E-state index in [4.69, 9.17) is 4.52 Å². The summed E-state index contributed by atoms with van der Waals surface area (Å²) in [5, 5.41) is 7.90. The molecule has 0 radical (unpaired) electrons. The summed E-state index contributed by atoms with van der Waals surface area (Å²) in [6.07, 6.45) is 3.59. The zero-order valence-electron chi connectivity index (χ0n) is 13.6. The topological polar surface area (TPSA) is 68.0 Å². The van der Waals surface area contributed by atoms with Crippen LogP contribution in [0.5, 0.6) is 0 Å². The number of carbonyl (C=O) groups is 1. The minimum Gasteiger partial charge on any atom is -0.349 e. The van der Waals surface area contributed by atoms with E-state index in [9.17, 15) is 4.79 Å². The molecule has 1 aliphatic rings. The van der Waals surface area contributed by atoms with Crippen LogP contribution in [0.3, 0.4) is 0 Å². The van der Waals surface area contributed by atoms with Crippen molar-refractivity contribution in [3.05, 3.63) is 23.0 Å². The smallest absolute Gasteiger partial charge is 0.258 e. The zero-order chi connectivity index (χ0) is 15.9. The molecule has 2 aromatic heterocycles. The van der Waals surface area contributed by atoms with E-state index in [1.807, 2.05) is 19.9 Å². The molecule has 2 unspecified atom stereocenters. The summed E-state index contributed by atoms with van der Waals surface area (Å²) < 4.78 is 5.21. The van der Waals surface area contributed by atoms with Gasteiger partial charge in [0.05, 0.1) is 16.6 Å². The van der Waals surface area contributed by atoms with E-state index in [1.54, 1.807) is 0 Å². The number of nitrogens with zero attached hydrogens (tertiary/aromatic N) is 2. The fourth-order valence-electron chi connectivity index (χ4n) is 3.59. The summed E-state index contributed by atoms with van der Waals surface area (Å²) in [6.45, 7) is 8.14. The largest absolute Gasteiger partial charge is 0.349 e. The van der Waals surface area contributed by atoms with Crippen LogP contribution in [-0.2, 0) is 0 Å². The Hall–Kier alpha value is -1.91. The molecular weight excluding hydrogens is 278 g/mol. The summed E-state index contributed by atoms with van der Waals surface area (Å²) in [4.78, 5) is 17.1. The van der Waals surface area contributed by atoms with Crippen LogP contribution in [0.25, 0.3) is 11.1 Å². The molecule has 5 nitrogen and oxygen atoms in total. The summed E-state index contributed by atoms with van der Waals surface area (Å²) in [7, 11) is 0. The van der Waals surface area contributed by atoms with E-state index in [2.05, 4.69) is 29.3 Å². The molecule has 0 spiro atoms. The van der Waals surface area contributed by atoms with Gasteiger partial charge in [0.1, 0.15) is 0 Å². The Kier molecular flexibility index (Phi) is 3.89. The first kappa shape index (κ1) is 15.0. The number of amides is 1. The average molecular weight is 301 g/mol. The van der Waals surface area contributed by atoms with Crippen molar-refractivity contribution in [3.8, 4) is 0 Å². The third-order valence-corrected chi connectivity index (χ3v) is 4.83. The lowest BCUT2D eigenvalue weighted by atomic mass is 9.78. The van der Waals surface area contributed by atoms with Crippen LogP contribution in [-0.4, -0.2) is 22.1 Å². The number of hydrogen-bond donors (Lipinski definition) is 1. The van der Waals surface area contributed by atoms with Crippen molar-refractivity contribution in [3.63, 3.8) is 0 Å². The third kappa shape index (κ3) is 2.60. The van der Waals surface area contributed by atoms with Gasteiger partial charge in [-0.1, -0.05) is 25.4 Å². The molecule has 1 amide bonds. The maximum absolute atomic E-state index is 12.8. The Balaban J connectivity index is 1.93. The first-order valence-electron chi connectivity index (χ1n) is 8.02. The molecule has 1 aliphatic carbocycles. The summed E-state index contributed by atoms with van der Waals surface area (Å²) in [5.74, 6) is 0.969. The minimum atomic E-state index is -0.0487. The molecule has 1 N–H and O–H groups in total. The Morgan fingerprint density at radius 3 is 2.64 bits per heavy atom. The lowest BCUT2D eigenvalue weighted by Crippen LogP contribution is -2.45. The van der Waals surface area contributed by atoms with Crippen molar-refractivity contribution < 1.29 is 9.32 Å². The highest BCUT2D eigenvalue weighted by atomic mass is 16.5. The van der Waals surface area contributed by atoms with E-state index in [-0.39, 0.29) is 11.9 Å². The van der Waals surface area contributed by atoms with E-state index < -0.39 is 0 Å². The van der Waals surface area contributed by atoms with Gasteiger partial charge in [-0.2, -0.15) is 0 Å². The molecule has 2 heterocycles. The van der Waals surface area contributed by atoms with Gasteiger partial charge >= 0.3 is 0 Å². The van der Waals surface area contributed by atoms with Crippen LogP contribution in [0.15, 0.2) is 10.6 Å². The van der Waals surface area contributed by atoms with Gasteiger partial charge in [-0.25, -0.2) is 4.98 Å². The molecule has 118 valence electrons. The maximum atomic E-state index is 12.8. The monoisotopic (exact) mass is 301 g/mol. The Morgan fingerprint density at radius 2 is 1.95 bits per heavy atom. The van der Waals surface area contributed by atoms with Gasteiger partial charge in [0.15, 0.2) is 0 Å². The summed E-state index contributed by atoms with van der Waals surface area (Å²) in [5.41, 5.74) is 2.52. The van der Waals surface area contributed by atoms with Crippen molar-refractivity contribution >= 4 is 17.0 Å². The molecular formula is C17H23N3O2. The van der Waals surface area contributed by atoms with Gasteiger partial charge in [-0.3, -0.25) is 4.79 Å².